The average molecular weight is 247 g/mol. The van der Waals surface area contributed by atoms with Gasteiger partial charge in [-0.1, -0.05) is 19.1 Å². The lowest BCUT2D eigenvalue weighted by Crippen LogP contribution is -2.45. The van der Waals surface area contributed by atoms with Crippen LogP contribution >= 0.6 is 0 Å². The van der Waals surface area contributed by atoms with Crippen LogP contribution in [0.5, 0.6) is 5.75 Å². The van der Waals surface area contributed by atoms with Crippen LogP contribution in [0.4, 0.5) is 0 Å². The minimum atomic E-state index is -0.232. The van der Waals surface area contributed by atoms with Gasteiger partial charge in [-0.2, -0.15) is 0 Å². The summed E-state index contributed by atoms with van der Waals surface area (Å²) in [6.07, 6.45) is 2.94. The molecule has 98 valence electrons. The highest BCUT2D eigenvalue weighted by atomic mass is 16.5. The summed E-state index contributed by atoms with van der Waals surface area (Å²) in [5.41, 5.74) is 0.532. The zero-order chi connectivity index (χ0) is 13.0. The van der Waals surface area contributed by atoms with Crippen molar-refractivity contribution >= 4 is 5.78 Å². The topological polar surface area (TPSA) is 38.3 Å². The Morgan fingerprint density at radius 1 is 1.50 bits per heavy atom. The van der Waals surface area contributed by atoms with E-state index in [1.54, 1.807) is 7.11 Å². The Hall–Kier alpha value is -1.35. The zero-order valence-electron chi connectivity index (χ0n) is 11.2. The van der Waals surface area contributed by atoms with Crippen LogP contribution in [-0.2, 0) is 0 Å². The number of nitrogens with one attached hydrogen (secondary N) is 1. The molecule has 1 aromatic carbocycles. The van der Waals surface area contributed by atoms with Crippen LogP contribution in [0.15, 0.2) is 24.3 Å². The van der Waals surface area contributed by atoms with Gasteiger partial charge in [0, 0.05) is 17.5 Å². The van der Waals surface area contributed by atoms with Gasteiger partial charge in [0.1, 0.15) is 5.75 Å². The van der Waals surface area contributed by atoms with Gasteiger partial charge in [0.2, 0.25) is 0 Å². The fourth-order valence-corrected chi connectivity index (χ4v) is 2.69. The largest absolute Gasteiger partial charge is 0.497 e. The van der Waals surface area contributed by atoms with Gasteiger partial charge in [0.05, 0.1) is 7.11 Å². The third-order valence-corrected chi connectivity index (χ3v) is 3.96. The monoisotopic (exact) mass is 247 g/mol. The molecule has 1 N–H and O–H groups in total. The first kappa shape index (κ1) is 13.1. The second kappa shape index (κ2) is 5.53. The molecule has 3 heteroatoms. The number of hydrogen-bond donors (Lipinski definition) is 1. The number of hydrogen-bond acceptors (Lipinski definition) is 3. The van der Waals surface area contributed by atoms with E-state index in [4.69, 9.17) is 4.74 Å². The lowest BCUT2D eigenvalue weighted by Gasteiger charge is -2.35. The minimum absolute atomic E-state index is 0.232. The fourth-order valence-electron chi connectivity index (χ4n) is 2.69. The van der Waals surface area contributed by atoms with E-state index >= 15 is 0 Å². The van der Waals surface area contributed by atoms with Crippen LogP contribution in [0.3, 0.4) is 0 Å². The first-order valence-electron chi connectivity index (χ1n) is 6.61. The number of ether oxygens (including phenoxy) is 1. The summed E-state index contributed by atoms with van der Waals surface area (Å²) >= 11 is 0. The smallest absolute Gasteiger partial charge is 0.170 e. The van der Waals surface area contributed by atoms with E-state index in [9.17, 15) is 4.79 Å². The molecule has 1 aliphatic heterocycles. The van der Waals surface area contributed by atoms with Gasteiger partial charge in [0.25, 0.3) is 0 Å². The summed E-state index contributed by atoms with van der Waals surface area (Å²) in [5.74, 6) is 0.993. The summed E-state index contributed by atoms with van der Waals surface area (Å²) in [5, 5.41) is 3.35. The summed E-state index contributed by atoms with van der Waals surface area (Å²) in [7, 11) is 1.63. The van der Waals surface area contributed by atoms with Crippen LogP contribution in [0.25, 0.3) is 0 Å². The van der Waals surface area contributed by atoms with E-state index in [0.717, 1.165) is 43.7 Å². The molecule has 1 aromatic rings. The minimum Gasteiger partial charge on any atom is -0.497 e. The van der Waals surface area contributed by atoms with Gasteiger partial charge in [-0.05, 0) is 37.9 Å². The predicted molar refractivity (Wildman–Crippen MR) is 72.2 cm³/mol. The number of Topliss-reactive ketones (excluding diaryl/α,β-unsaturated/α-hetero) is 1. The van der Waals surface area contributed by atoms with Crippen molar-refractivity contribution in [2.24, 2.45) is 5.41 Å². The molecule has 0 spiro atoms. The SMILES string of the molecule is CCC1(C(=O)c2cccc(OC)c2)CCCNC1. The fraction of sp³-hybridized carbons (Fsp3) is 0.533. The maximum Gasteiger partial charge on any atom is 0.170 e. The number of piperidine rings is 1. The van der Waals surface area contributed by atoms with Crippen molar-refractivity contribution in [2.45, 2.75) is 26.2 Å². The average Bonchev–Trinajstić information content (AvgIpc) is 2.47. The van der Waals surface area contributed by atoms with Gasteiger partial charge in [-0.25, -0.2) is 0 Å². The molecule has 1 aliphatic rings. The molecule has 18 heavy (non-hydrogen) atoms. The Labute approximate surface area is 109 Å². The Balaban J connectivity index is 2.27. The third kappa shape index (κ3) is 2.41. The first-order valence-corrected chi connectivity index (χ1v) is 6.61. The summed E-state index contributed by atoms with van der Waals surface area (Å²) in [6, 6.07) is 7.48. The van der Waals surface area contributed by atoms with E-state index in [0.29, 0.717) is 0 Å². The van der Waals surface area contributed by atoms with Crippen LogP contribution in [0.2, 0.25) is 0 Å². The van der Waals surface area contributed by atoms with Crippen molar-refractivity contribution in [1.29, 1.82) is 0 Å². The molecular weight excluding hydrogens is 226 g/mol. The van der Waals surface area contributed by atoms with Crippen LogP contribution in [0.1, 0.15) is 36.5 Å². The highest BCUT2D eigenvalue weighted by Gasteiger charge is 2.38. The van der Waals surface area contributed by atoms with Crippen molar-refractivity contribution in [2.75, 3.05) is 20.2 Å². The standard InChI is InChI=1S/C15H21NO2/c1-3-15(8-5-9-16-11-15)14(17)12-6-4-7-13(10-12)18-2/h4,6-7,10,16H,3,5,8-9,11H2,1-2H3. The summed E-state index contributed by atoms with van der Waals surface area (Å²) in [6.45, 7) is 3.91. The molecule has 1 unspecified atom stereocenters. The Kier molecular flexibility index (Phi) is 4.02. The normalized spacial score (nSPS) is 23.7. The molecule has 0 aromatic heterocycles. The molecule has 1 heterocycles. The molecule has 0 amide bonds. The maximum absolute atomic E-state index is 12.7. The van der Waals surface area contributed by atoms with Gasteiger partial charge in [-0.3, -0.25) is 4.79 Å². The molecule has 0 bridgehead atoms. The summed E-state index contributed by atoms with van der Waals surface area (Å²) < 4.78 is 5.19. The van der Waals surface area contributed by atoms with E-state index in [1.807, 2.05) is 24.3 Å². The van der Waals surface area contributed by atoms with Crippen LogP contribution < -0.4 is 10.1 Å². The highest BCUT2D eigenvalue weighted by Crippen LogP contribution is 2.34. The number of carbonyl (C=O) groups excluding carboxylic acids is 1. The Bertz CT molecular complexity index is 422. The number of rotatable bonds is 4. The molecule has 0 saturated carbocycles. The Morgan fingerprint density at radius 2 is 2.33 bits per heavy atom. The second-order valence-corrected chi connectivity index (χ2v) is 4.98. The van der Waals surface area contributed by atoms with E-state index in [1.165, 1.54) is 0 Å². The predicted octanol–water partition coefficient (Wildman–Crippen LogP) is 2.66. The second-order valence-electron chi connectivity index (χ2n) is 4.98. The molecule has 1 saturated heterocycles. The van der Waals surface area contributed by atoms with E-state index in [-0.39, 0.29) is 11.2 Å². The summed E-state index contributed by atoms with van der Waals surface area (Å²) in [4.78, 5) is 12.7. The number of methoxy groups -OCH3 is 1. The number of benzene rings is 1. The lowest BCUT2D eigenvalue weighted by molar-refractivity contribution is 0.0730. The molecule has 1 fully saturated rings. The Morgan fingerprint density at radius 3 is 2.94 bits per heavy atom. The molecule has 2 rings (SSSR count). The van der Waals surface area contributed by atoms with Gasteiger partial charge in [-0.15, -0.1) is 0 Å². The van der Waals surface area contributed by atoms with Crippen molar-refractivity contribution in [3.8, 4) is 5.75 Å². The van der Waals surface area contributed by atoms with Crippen molar-refractivity contribution < 1.29 is 9.53 Å². The van der Waals surface area contributed by atoms with Crippen molar-refractivity contribution in [3.05, 3.63) is 29.8 Å². The van der Waals surface area contributed by atoms with Gasteiger partial charge < -0.3 is 10.1 Å². The molecular formula is C15H21NO2. The molecule has 1 atom stereocenters. The zero-order valence-corrected chi connectivity index (χ0v) is 11.2. The van der Waals surface area contributed by atoms with Crippen LogP contribution in [-0.4, -0.2) is 26.0 Å². The molecule has 3 nitrogen and oxygen atoms in total. The van der Waals surface area contributed by atoms with Crippen LogP contribution in [0, 0.1) is 5.41 Å². The highest BCUT2D eigenvalue weighted by molar-refractivity contribution is 6.01. The maximum atomic E-state index is 12.7. The van der Waals surface area contributed by atoms with E-state index < -0.39 is 0 Å². The van der Waals surface area contributed by atoms with Crippen molar-refractivity contribution in [1.82, 2.24) is 5.32 Å². The molecule has 0 aliphatic carbocycles. The van der Waals surface area contributed by atoms with Crippen molar-refractivity contribution in [3.63, 3.8) is 0 Å². The van der Waals surface area contributed by atoms with E-state index in [2.05, 4.69) is 12.2 Å². The number of carbonyl (C=O) groups is 1. The lowest BCUT2D eigenvalue weighted by atomic mass is 9.73. The quantitative estimate of drug-likeness (QED) is 0.831. The van der Waals surface area contributed by atoms with Gasteiger partial charge in [0.15, 0.2) is 5.78 Å². The molecule has 0 radical (unpaired) electrons. The number of ketones is 1. The van der Waals surface area contributed by atoms with Gasteiger partial charge >= 0.3 is 0 Å². The first-order chi connectivity index (χ1) is 8.72. The third-order valence-electron chi connectivity index (χ3n) is 3.96.